The van der Waals surface area contributed by atoms with Gasteiger partial charge in [0.2, 0.25) is 5.91 Å². The fourth-order valence-corrected chi connectivity index (χ4v) is 4.13. The monoisotopic (exact) mass is 341 g/mol. The first kappa shape index (κ1) is 18.2. The molecule has 0 bridgehead atoms. The molecule has 0 fully saturated rings. The summed E-state index contributed by atoms with van der Waals surface area (Å²) in [5.41, 5.74) is 0.376. The molecule has 7 heteroatoms. The third-order valence-electron chi connectivity index (χ3n) is 4.06. The van der Waals surface area contributed by atoms with Crippen LogP contribution in [0.3, 0.4) is 0 Å². The number of nitrogens with zero attached hydrogens (tertiary/aromatic N) is 1. The van der Waals surface area contributed by atoms with E-state index in [1.54, 1.807) is 61.6 Å². The molecule has 0 saturated carbocycles. The second-order valence-electron chi connectivity index (χ2n) is 5.38. The van der Waals surface area contributed by atoms with Crippen molar-refractivity contribution in [3.63, 3.8) is 0 Å². The van der Waals surface area contributed by atoms with Crippen molar-refractivity contribution in [3.05, 3.63) is 65.7 Å². The summed E-state index contributed by atoms with van der Waals surface area (Å²) < 4.78 is 32.7. The van der Waals surface area contributed by atoms with Crippen LogP contribution in [-0.2, 0) is 20.3 Å². The van der Waals surface area contributed by atoms with Crippen LogP contribution in [0.4, 0.5) is 5.69 Å². The van der Waals surface area contributed by atoms with Gasteiger partial charge in [0.05, 0.1) is 5.75 Å². The van der Waals surface area contributed by atoms with E-state index in [0.29, 0.717) is 16.8 Å². The van der Waals surface area contributed by atoms with E-state index in [1.165, 1.54) is 4.90 Å². The molecule has 2 aromatic rings. The van der Waals surface area contributed by atoms with Gasteiger partial charge in [0, 0.05) is 12.7 Å². The predicted octanol–water partition coefficient (Wildman–Crippen LogP) is 1.19. The van der Waals surface area contributed by atoms with Crippen molar-refractivity contribution in [2.45, 2.75) is 5.41 Å². The molecule has 116 valence electrons. The van der Waals surface area contributed by atoms with Crippen LogP contribution in [0.25, 0.3) is 0 Å². The third-order valence-corrected chi connectivity index (χ3v) is 4.86. The van der Waals surface area contributed by atoms with Gasteiger partial charge < -0.3 is 4.90 Å². The van der Waals surface area contributed by atoms with Gasteiger partial charge in [0.15, 0.2) is 0 Å². The van der Waals surface area contributed by atoms with E-state index >= 15 is 0 Å². The minimum atomic E-state index is -4.36. The summed E-state index contributed by atoms with van der Waals surface area (Å²) in [7, 11) is -2.75. The maximum absolute atomic E-state index is 12.9. The number of fused-ring (bicyclic) bond motifs is 1. The summed E-state index contributed by atoms with van der Waals surface area (Å²) in [5, 5.41) is 0. The third kappa shape index (κ3) is 2.97. The van der Waals surface area contributed by atoms with Gasteiger partial charge in [-0.3, -0.25) is 9.35 Å². The van der Waals surface area contributed by atoms with Gasteiger partial charge in [-0.1, -0.05) is 48.5 Å². The van der Waals surface area contributed by atoms with Gasteiger partial charge in [0.1, 0.15) is 5.41 Å². The summed E-state index contributed by atoms with van der Waals surface area (Å²) in [6.45, 7) is 0. The van der Waals surface area contributed by atoms with Crippen LogP contribution in [0.1, 0.15) is 11.1 Å². The number of likely N-dealkylation sites (N-methyl/N-ethyl adjacent to an activating group) is 1. The molecule has 0 saturated heterocycles. The Balaban J connectivity index is 0.00000192. The Kier molecular flexibility index (Phi) is 5.03. The summed E-state index contributed by atoms with van der Waals surface area (Å²) in [6.07, 6.45) is 0. The maximum atomic E-state index is 12.9. The van der Waals surface area contributed by atoms with Gasteiger partial charge in [-0.25, -0.2) is 0 Å². The number of carbonyl (C=O) groups excluding carboxylic acids is 1. The Morgan fingerprint density at radius 2 is 1.61 bits per heavy atom. The van der Waals surface area contributed by atoms with Gasteiger partial charge in [-0.2, -0.15) is 8.42 Å². The molecule has 0 radical (unpaired) electrons. The molecule has 1 atom stereocenters. The Bertz CT molecular complexity index is 838. The number of anilines is 1. The quantitative estimate of drug-likeness (QED) is 0.672. The van der Waals surface area contributed by atoms with Crippen molar-refractivity contribution in [2.24, 2.45) is 0 Å². The number of hydrogen-bond acceptors (Lipinski definition) is 3. The molecule has 1 aliphatic rings. The summed E-state index contributed by atoms with van der Waals surface area (Å²) in [4.78, 5) is 14.4. The second kappa shape index (κ2) is 6.37. The molecular weight excluding hydrogens is 325 g/mol. The van der Waals surface area contributed by atoms with Gasteiger partial charge in [0.25, 0.3) is 10.1 Å². The van der Waals surface area contributed by atoms with E-state index in [9.17, 15) is 17.8 Å². The number of carbonyl (C=O) groups is 1. The van der Waals surface area contributed by atoms with E-state index in [4.69, 9.17) is 0 Å². The minimum absolute atomic E-state index is 0. The number of benzene rings is 2. The zero-order chi connectivity index (χ0) is 16.0. The molecule has 2 aromatic carbocycles. The Hall–Kier alpha value is -1.18. The van der Waals surface area contributed by atoms with Crippen molar-refractivity contribution >= 4 is 51.3 Å². The summed E-state index contributed by atoms with van der Waals surface area (Å²) >= 11 is 0. The topological polar surface area (TPSA) is 74.7 Å². The first-order valence-electron chi connectivity index (χ1n) is 6.74. The number of amides is 1. The van der Waals surface area contributed by atoms with E-state index in [-0.39, 0.29) is 35.5 Å². The van der Waals surface area contributed by atoms with Gasteiger partial charge in [-0.15, -0.1) is 0 Å². The zero-order valence-electron chi connectivity index (χ0n) is 11.9. The van der Waals surface area contributed by atoms with Crippen LogP contribution in [0.2, 0.25) is 0 Å². The van der Waals surface area contributed by atoms with Crippen molar-refractivity contribution in [1.82, 2.24) is 0 Å². The molecule has 5 nitrogen and oxygen atoms in total. The van der Waals surface area contributed by atoms with Crippen molar-refractivity contribution < 1.29 is 17.8 Å². The molecule has 0 aliphatic carbocycles. The molecule has 0 spiro atoms. The first-order valence-corrected chi connectivity index (χ1v) is 8.35. The Morgan fingerprint density at radius 1 is 1.04 bits per heavy atom. The molecule has 1 aliphatic heterocycles. The van der Waals surface area contributed by atoms with E-state index in [1.807, 2.05) is 0 Å². The molecule has 1 N–H and O–H groups in total. The van der Waals surface area contributed by atoms with Gasteiger partial charge >= 0.3 is 29.6 Å². The van der Waals surface area contributed by atoms with Crippen LogP contribution in [0.15, 0.2) is 54.6 Å². The van der Waals surface area contributed by atoms with E-state index < -0.39 is 21.3 Å². The number of hydrogen-bond donors (Lipinski definition) is 1. The van der Waals surface area contributed by atoms with Crippen LogP contribution >= 0.6 is 0 Å². The van der Waals surface area contributed by atoms with Crippen molar-refractivity contribution in [3.8, 4) is 0 Å². The first-order chi connectivity index (χ1) is 10.4. The van der Waals surface area contributed by atoms with Crippen molar-refractivity contribution in [2.75, 3.05) is 17.7 Å². The van der Waals surface area contributed by atoms with Crippen LogP contribution in [-0.4, -0.2) is 61.2 Å². The SMILES string of the molecule is CN1C(=O)C(CS(=O)(=O)O)(c2ccccc2)c2ccccc21.[NaH]. The number of rotatable bonds is 3. The Morgan fingerprint density at radius 3 is 2.22 bits per heavy atom. The summed E-state index contributed by atoms with van der Waals surface area (Å²) in [5.74, 6) is -1.04. The zero-order valence-corrected chi connectivity index (χ0v) is 12.7. The predicted molar refractivity (Wildman–Crippen MR) is 90.6 cm³/mol. The van der Waals surface area contributed by atoms with Crippen LogP contribution in [0, 0.1) is 0 Å². The molecular formula is C16H16NNaO4S. The molecule has 1 amide bonds. The normalized spacial score (nSPS) is 20.1. The van der Waals surface area contributed by atoms with Crippen LogP contribution in [0.5, 0.6) is 0 Å². The second-order valence-corrected chi connectivity index (χ2v) is 6.83. The fourth-order valence-electron chi connectivity index (χ4n) is 3.14. The molecule has 3 rings (SSSR count). The fraction of sp³-hybridized carbons (Fsp3) is 0.188. The summed E-state index contributed by atoms with van der Waals surface area (Å²) in [6, 6.07) is 15.7. The average Bonchev–Trinajstić information content (AvgIpc) is 2.70. The van der Waals surface area contributed by atoms with E-state index in [2.05, 4.69) is 0 Å². The standard InChI is InChI=1S/C16H15NO4S.Na.H/c1-17-14-10-6-5-9-13(14)16(15(17)18,11-22(19,20)21)12-7-3-2-4-8-12;;/h2-10H,11H2,1H3,(H,19,20,21);;. The molecule has 0 aromatic heterocycles. The number of para-hydroxylation sites is 1. The van der Waals surface area contributed by atoms with Crippen LogP contribution < -0.4 is 4.90 Å². The average molecular weight is 341 g/mol. The molecule has 1 unspecified atom stereocenters. The van der Waals surface area contributed by atoms with Gasteiger partial charge in [-0.05, 0) is 17.2 Å². The van der Waals surface area contributed by atoms with Crippen molar-refractivity contribution in [1.29, 1.82) is 0 Å². The Labute approximate surface area is 157 Å². The molecule has 1 heterocycles. The van der Waals surface area contributed by atoms with E-state index in [0.717, 1.165) is 0 Å². The molecule has 23 heavy (non-hydrogen) atoms.